The summed E-state index contributed by atoms with van der Waals surface area (Å²) in [4.78, 5) is 0. The molecule has 0 aromatic carbocycles. The molecule has 1 aromatic rings. The minimum Gasteiger partial charge on any atom is -0.471 e. The molecule has 0 amide bonds. The first-order valence-corrected chi connectivity index (χ1v) is 4.44. The normalized spacial score (nSPS) is 12.5. The van der Waals surface area contributed by atoms with Gasteiger partial charge in [0.15, 0.2) is 0 Å². The number of rotatable bonds is 5. The molecule has 78 valence electrons. The van der Waals surface area contributed by atoms with Crippen molar-refractivity contribution in [3.8, 4) is 5.88 Å². The fourth-order valence-corrected chi connectivity index (χ4v) is 1.06. The predicted molar refractivity (Wildman–Crippen MR) is 51.9 cm³/mol. The molecule has 1 aromatic heterocycles. The lowest BCUT2D eigenvalue weighted by Crippen LogP contribution is -2.20. The van der Waals surface area contributed by atoms with Crippen LogP contribution in [-0.2, 0) is 11.3 Å². The van der Waals surface area contributed by atoms with Crippen molar-refractivity contribution in [2.24, 2.45) is 5.73 Å². The highest BCUT2D eigenvalue weighted by molar-refractivity contribution is 5.22. The Labute approximate surface area is 83.2 Å². The minimum absolute atomic E-state index is 0.0537. The van der Waals surface area contributed by atoms with E-state index < -0.39 is 0 Å². The molecule has 0 radical (unpaired) electrons. The zero-order valence-electron chi connectivity index (χ0n) is 8.43. The maximum absolute atomic E-state index is 5.52. The molecular formula is C9H15N3O2. The molecule has 0 saturated carbocycles. The van der Waals surface area contributed by atoms with Crippen molar-refractivity contribution in [3.63, 3.8) is 0 Å². The second kappa shape index (κ2) is 5.51. The highest BCUT2D eigenvalue weighted by Crippen LogP contribution is 2.13. The molecule has 14 heavy (non-hydrogen) atoms. The third kappa shape index (κ3) is 2.93. The molecule has 0 saturated heterocycles. The molecule has 0 aliphatic rings. The second-order valence-corrected chi connectivity index (χ2v) is 2.95. The molecule has 5 nitrogen and oxygen atoms in total. The highest BCUT2D eigenvalue weighted by atomic mass is 16.5. The Morgan fingerprint density at radius 3 is 3.00 bits per heavy atom. The Morgan fingerprint density at radius 1 is 1.57 bits per heavy atom. The lowest BCUT2D eigenvalue weighted by molar-refractivity contribution is 0.0875. The first-order valence-electron chi connectivity index (χ1n) is 4.44. The summed E-state index contributed by atoms with van der Waals surface area (Å²) in [6.07, 6.45) is 1.54. The molecule has 0 spiro atoms. The van der Waals surface area contributed by atoms with Gasteiger partial charge in [-0.2, -0.15) is 5.10 Å². The van der Waals surface area contributed by atoms with E-state index in [0.29, 0.717) is 19.0 Å². The summed E-state index contributed by atoms with van der Waals surface area (Å²) >= 11 is 0. The maximum Gasteiger partial charge on any atom is 0.238 e. The van der Waals surface area contributed by atoms with E-state index >= 15 is 0 Å². The van der Waals surface area contributed by atoms with Crippen molar-refractivity contribution in [1.82, 2.24) is 10.2 Å². The molecule has 1 heterocycles. The molecule has 5 heteroatoms. The number of ether oxygens (including phenoxy) is 2. The van der Waals surface area contributed by atoms with Crippen LogP contribution in [0.1, 0.15) is 12.5 Å². The summed E-state index contributed by atoms with van der Waals surface area (Å²) < 4.78 is 10.4. The van der Waals surface area contributed by atoms with Crippen LogP contribution in [0.4, 0.5) is 0 Å². The van der Waals surface area contributed by atoms with E-state index in [1.807, 2.05) is 6.92 Å². The average Bonchev–Trinajstić information content (AvgIpc) is 2.19. The van der Waals surface area contributed by atoms with Crippen LogP contribution in [-0.4, -0.2) is 30.0 Å². The van der Waals surface area contributed by atoms with Crippen LogP contribution in [0.3, 0.4) is 0 Å². The zero-order chi connectivity index (χ0) is 10.4. The van der Waals surface area contributed by atoms with Crippen molar-refractivity contribution in [1.29, 1.82) is 0 Å². The van der Waals surface area contributed by atoms with Crippen LogP contribution in [0.5, 0.6) is 5.88 Å². The van der Waals surface area contributed by atoms with Gasteiger partial charge in [0.2, 0.25) is 5.88 Å². The number of nitrogens with zero attached hydrogens (tertiary/aromatic N) is 2. The Kier molecular flexibility index (Phi) is 4.28. The summed E-state index contributed by atoms with van der Waals surface area (Å²) in [5.41, 5.74) is 6.37. The highest BCUT2D eigenvalue weighted by Gasteiger charge is 2.08. The van der Waals surface area contributed by atoms with E-state index in [4.69, 9.17) is 15.2 Å². The summed E-state index contributed by atoms with van der Waals surface area (Å²) in [7, 11) is 1.63. The third-order valence-electron chi connectivity index (χ3n) is 1.70. The Bertz CT molecular complexity index is 281. The van der Waals surface area contributed by atoms with Gasteiger partial charge in [-0.3, -0.25) is 0 Å². The molecule has 1 rings (SSSR count). The third-order valence-corrected chi connectivity index (χ3v) is 1.70. The Hall–Kier alpha value is -1.20. The smallest absolute Gasteiger partial charge is 0.238 e. The van der Waals surface area contributed by atoms with Gasteiger partial charge in [-0.05, 0) is 13.0 Å². The van der Waals surface area contributed by atoms with Crippen molar-refractivity contribution < 1.29 is 9.47 Å². The second-order valence-electron chi connectivity index (χ2n) is 2.95. The summed E-state index contributed by atoms with van der Waals surface area (Å²) in [6, 6.07) is 1.79. The Balaban J connectivity index is 2.65. The topological polar surface area (TPSA) is 70.3 Å². The molecule has 1 atom stereocenters. The number of hydrogen-bond acceptors (Lipinski definition) is 5. The van der Waals surface area contributed by atoms with Crippen LogP contribution in [0.25, 0.3) is 0 Å². The molecular weight excluding hydrogens is 182 g/mol. The molecule has 2 N–H and O–H groups in total. The number of nitrogens with two attached hydrogens (primary N) is 1. The van der Waals surface area contributed by atoms with Crippen LogP contribution >= 0.6 is 0 Å². The van der Waals surface area contributed by atoms with E-state index in [-0.39, 0.29) is 6.10 Å². The average molecular weight is 197 g/mol. The largest absolute Gasteiger partial charge is 0.471 e. The van der Waals surface area contributed by atoms with Gasteiger partial charge in [-0.15, -0.1) is 5.10 Å². The first kappa shape index (κ1) is 10.9. The summed E-state index contributed by atoms with van der Waals surface area (Å²) in [5, 5.41) is 7.60. The van der Waals surface area contributed by atoms with Crippen LogP contribution in [0, 0.1) is 0 Å². The molecule has 0 aliphatic heterocycles. The fraction of sp³-hybridized carbons (Fsp3) is 0.556. The first-order chi connectivity index (χ1) is 6.77. The SMILES string of the molecule is COCC(C)Oc1nnccc1CN. The van der Waals surface area contributed by atoms with Gasteiger partial charge in [0.05, 0.1) is 12.8 Å². The van der Waals surface area contributed by atoms with Crippen LogP contribution < -0.4 is 10.5 Å². The van der Waals surface area contributed by atoms with Gasteiger partial charge < -0.3 is 15.2 Å². The number of hydrogen-bond donors (Lipinski definition) is 1. The van der Waals surface area contributed by atoms with E-state index in [2.05, 4.69) is 10.2 Å². The standard InChI is InChI=1S/C9H15N3O2/c1-7(6-13-2)14-9-8(5-10)3-4-11-12-9/h3-4,7H,5-6,10H2,1-2H3. The van der Waals surface area contributed by atoms with Gasteiger partial charge in [0.1, 0.15) is 6.10 Å². The van der Waals surface area contributed by atoms with Gasteiger partial charge in [0.25, 0.3) is 0 Å². The summed E-state index contributed by atoms with van der Waals surface area (Å²) in [6.45, 7) is 2.81. The lowest BCUT2D eigenvalue weighted by atomic mass is 10.3. The predicted octanol–water partition coefficient (Wildman–Crippen LogP) is 0.349. The summed E-state index contributed by atoms with van der Waals surface area (Å²) in [5.74, 6) is 0.486. The van der Waals surface area contributed by atoms with Gasteiger partial charge in [-0.25, -0.2) is 0 Å². The van der Waals surface area contributed by atoms with Gasteiger partial charge >= 0.3 is 0 Å². The van der Waals surface area contributed by atoms with E-state index in [0.717, 1.165) is 5.56 Å². The molecule has 1 unspecified atom stereocenters. The lowest BCUT2D eigenvalue weighted by Gasteiger charge is -2.13. The van der Waals surface area contributed by atoms with Crippen LogP contribution in [0.2, 0.25) is 0 Å². The van der Waals surface area contributed by atoms with Crippen molar-refractivity contribution in [2.75, 3.05) is 13.7 Å². The van der Waals surface area contributed by atoms with Crippen LogP contribution in [0.15, 0.2) is 12.3 Å². The number of methoxy groups -OCH3 is 1. The zero-order valence-corrected chi connectivity index (χ0v) is 8.43. The van der Waals surface area contributed by atoms with E-state index in [1.54, 1.807) is 19.4 Å². The Morgan fingerprint density at radius 2 is 2.36 bits per heavy atom. The van der Waals surface area contributed by atoms with Gasteiger partial charge in [0, 0.05) is 19.2 Å². The minimum atomic E-state index is -0.0537. The van der Waals surface area contributed by atoms with Crippen molar-refractivity contribution in [3.05, 3.63) is 17.8 Å². The van der Waals surface area contributed by atoms with Crippen molar-refractivity contribution >= 4 is 0 Å². The maximum atomic E-state index is 5.52. The number of aromatic nitrogens is 2. The van der Waals surface area contributed by atoms with E-state index in [1.165, 1.54) is 0 Å². The molecule has 0 aliphatic carbocycles. The molecule has 0 fully saturated rings. The van der Waals surface area contributed by atoms with Crippen molar-refractivity contribution in [2.45, 2.75) is 19.6 Å². The fourth-order valence-electron chi connectivity index (χ4n) is 1.06. The van der Waals surface area contributed by atoms with E-state index in [9.17, 15) is 0 Å². The molecule has 0 bridgehead atoms. The van der Waals surface area contributed by atoms with Gasteiger partial charge in [-0.1, -0.05) is 0 Å². The quantitative estimate of drug-likeness (QED) is 0.737. The monoisotopic (exact) mass is 197 g/mol.